The monoisotopic (exact) mass is 238 g/mol. The zero-order valence-corrected chi connectivity index (χ0v) is 9.36. The van der Waals surface area contributed by atoms with Crippen molar-refractivity contribution >= 4 is 23.0 Å². The van der Waals surface area contributed by atoms with E-state index in [4.69, 9.17) is 0 Å². The van der Waals surface area contributed by atoms with Crippen LogP contribution in [0.15, 0.2) is 48.3 Å². The molecule has 0 saturated carbocycles. The van der Waals surface area contributed by atoms with Gasteiger partial charge in [-0.05, 0) is 24.3 Å². The average Bonchev–Trinajstić information content (AvgIpc) is 3.02. The average molecular weight is 238 g/mol. The van der Waals surface area contributed by atoms with Crippen LogP contribution in [0.1, 0.15) is 0 Å². The molecule has 2 aromatic rings. The largest absolute Gasteiger partial charge is 0.336 e. The summed E-state index contributed by atoms with van der Waals surface area (Å²) in [5.74, 6) is 3.35. The molecule has 4 N–H and O–H groups in total. The van der Waals surface area contributed by atoms with Crippen LogP contribution in [0, 0.1) is 0 Å². The van der Waals surface area contributed by atoms with Gasteiger partial charge in [0, 0.05) is 12.4 Å². The SMILES string of the molecule is c1cnc2c(c1)N/C(=C1/Nc3cccnc3N1)N2. The van der Waals surface area contributed by atoms with Crippen LogP contribution in [0.25, 0.3) is 0 Å². The van der Waals surface area contributed by atoms with E-state index in [1.807, 2.05) is 24.3 Å². The predicted octanol–water partition coefficient (Wildman–Crippen LogP) is 1.98. The third-order valence-corrected chi connectivity index (χ3v) is 2.87. The molecule has 0 spiro atoms. The van der Waals surface area contributed by atoms with Gasteiger partial charge in [-0.3, -0.25) is 0 Å². The van der Waals surface area contributed by atoms with Gasteiger partial charge >= 0.3 is 0 Å². The van der Waals surface area contributed by atoms with Gasteiger partial charge in [-0.1, -0.05) is 0 Å². The third kappa shape index (κ3) is 1.29. The highest BCUT2D eigenvalue weighted by molar-refractivity contribution is 5.81. The lowest BCUT2D eigenvalue weighted by molar-refractivity contribution is 1.28. The van der Waals surface area contributed by atoms with Crippen LogP contribution in [0.2, 0.25) is 0 Å². The Labute approximate surface area is 103 Å². The lowest BCUT2D eigenvalue weighted by atomic mass is 10.4. The maximum Gasteiger partial charge on any atom is 0.155 e. The minimum absolute atomic E-state index is 0.826. The van der Waals surface area contributed by atoms with Gasteiger partial charge in [-0.15, -0.1) is 0 Å². The van der Waals surface area contributed by atoms with Gasteiger partial charge in [0.1, 0.15) is 0 Å². The summed E-state index contributed by atoms with van der Waals surface area (Å²) in [6.45, 7) is 0. The molecule has 2 aliphatic heterocycles. The van der Waals surface area contributed by atoms with Crippen molar-refractivity contribution in [2.45, 2.75) is 0 Å². The lowest BCUT2D eigenvalue weighted by Gasteiger charge is -2.05. The van der Waals surface area contributed by atoms with Crippen LogP contribution in [0.5, 0.6) is 0 Å². The zero-order valence-electron chi connectivity index (χ0n) is 9.36. The van der Waals surface area contributed by atoms with Crippen LogP contribution in [-0.4, -0.2) is 9.97 Å². The van der Waals surface area contributed by atoms with E-state index in [1.165, 1.54) is 0 Å². The highest BCUT2D eigenvalue weighted by Gasteiger charge is 2.23. The lowest BCUT2D eigenvalue weighted by Crippen LogP contribution is -2.12. The van der Waals surface area contributed by atoms with E-state index in [0.29, 0.717) is 0 Å². The first-order valence-corrected chi connectivity index (χ1v) is 5.62. The highest BCUT2D eigenvalue weighted by atomic mass is 15.3. The molecule has 6 heteroatoms. The summed E-state index contributed by atoms with van der Waals surface area (Å²) in [6, 6.07) is 7.74. The summed E-state index contributed by atoms with van der Waals surface area (Å²) >= 11 is 0. The Morgan fingerprint density at radius 3 is 1.61 bits per heavy atom. The first-order chi connectivity index (χ1) is 8.90. The van der Waals surface area contributed by atoms with Gasteiger partial charge in [0.25, 0.3) is 0 Å². The standard InChI is InChI=1S/C12H10N6/c1-3-7-9(13-5-1)17-11(15-7)12-16-8-4-2-6-14-10(8)18-12/h1-6,15-16H,(H,13,17)(H,14,18)/b12-11+. The number of aromatic nitrogens is 2. The molecule has 0 fully saturated rings. The summed E-state index contributed by atoms with van der Waals surface area (Å²) in [4.78, 5) is 8.50. The Morgan fingerprint density at radius 2 is 1.17 bits per heavy atom. The molecule has 0 unspecified atom stereocenters. The van der Waals surface area contributed by atoms with Crippen molar-refractivity contribution in [1.82, 2.24) is 9.97 Å². The van der Waals surface area contributed by atoms with Crippen LogP contribution >= 0.6 is 0 Å². The van der Waals surface area contributed by atoms with Crippen molar-refractivity contribution in [3.63, 3.8) is 0 Å². The molecule has 0 amide bonds. The van der Waals surface area contributed by atoms with Crippen LogP contribution in [-0.2, 0) is 0 Å². The number of hydrogen-bond acceptors (Lipinski definition) is 6. The Morgan fingerprint density at radius 1 is 0.667 bits per heavy atom. The molecule has 6 nitrogen and oxygen atoms in total. The summed E-state index contributed by atoms with van der Waals surface area (Å²) in [5, 5.41) is 13.0. The normalized spacial score (nSPS) is 19.1. The van der Waals surface area contributed by atoms with Gasteiger partial charge < -0.3 is 21.3 Å². The summed E-state index contributed by atoms with van der Waals surface area (Å²) < 4.78 is 0. The quantitative estimate of drug-likeness (QED) is 0.562. The molecular formula is C12H10N6. The second-order valence-electron chi connectivity index (χ2n) is 4.05. The van der Waals surface area contributed by atoms with Crippen molar-refractivity contribution in [2.24, 2.45) is 0 Å². The van der Waals surface area contributed by atoms with E-state index in [-0.39, 0.29) is 0 Å². The summed E-state index contributed by atoms with van der Waals surface area (Å²) in [6.07, 6.45) is 3.51. The number of nitrogens with one attached hydrogen (secondary N) is 4. The molecule has 2 aliphatic rings. The fourth-order valence-electron chi connectivity index (χ4n) is 2.03. The molecule has 4 heterocycles. The number of hydrogen-bond donors (Lipinski definition) is 4. The van der Waals surface area contributed by atoms with Gasteiger partial charge in [0.05, 0.1) is 11.4 Å². The number of nitrogens with zero attached hydrogens (tertiary/aromatic N) is 2. The fraction of sp³-hybridized carbons (Fsp3) is 0. The maximum absolute atomic E-state index is 4.25. The van der Waals surface area contributed by atoms with Gasteiger partial charge in [0.2, 0.25) is 0 Å². The van der Waals surface area contributed by atoms with E-state index < -0.39 is 0 Å². The first-order valence-electron chi connectivity index (χ1n) is 5.62. The molecule has 0 atom stereocenters. The second kappa shape index (κ2) is 3.36. The van der Waals surface area contributed by atoms with Crippen molar-refractivity contribution in [1.29, 1.82) is 0 Å². The molecule has 4 rings (SSSR count). The van der Waals surface area contributed by atoms with E-state index >= 15 is 0 Å². The smallest absolute Gasteiger partial charge is 0.155 e. The van der Waals surface area contributed by atoms with Crippen LogP contribution in [0.3, 0.4) is 0 Å². The first kappa shape index (κ1) is 9.29. The molecule has 0 bridgehead atoms. The number of rotatable bonds is 0. The van der Waals surface area contributed by atoms with Crippen molar-refractivity contribution < 1.29 is 0 Å². The van der Waals surface area contributed by atoms with E-state index in [2.05, 4.69) is 31.2 Å². The molecule has 0 aromatic carbocycles. The Bertz CT molecular complexity index is 552. The molecule has 2 aromatic heterocycles. The van der Waals surface area contributed by atoms with Gasteiger partial charge in [0.15, 0.2) is 23.3 Å². The molecule has 0 saturated heterocycles. The highest BCUT2D eigenvalue weighted by Crippen LogP contribution is 2.33. The minimum atomic E-state index is 0.826. The molecule has 0 radical (unpaired) electrons. The van der Waals surface area contributed by atoms with E-state index in [0.717, 1.165) is 34.7 Å². The van der Waals surface area contributed by atoms with Crippen molar-refractivity contribution in [3.8, 4) is 0 Å². The van der Waals surface area contributed by atoms with Crippen molar-refractivity contribution in [3.05, 3.63) is 48.3 Å². The van der Waals surface area contributed by atoms with Crippen LogP contribution in [0.4, 0.5) is 23.0 Å². The summed E-state index contributed by atoms with van der Waals surface area (Å²) in [7, 11) is 0. The molecule has 0 aliphatic carbocycles. The minimum Gasteiger partial charge on any atom is -0.336 e. The maximum atomic E-state index is 4.25. The van der Waals surface area contributed by atoms with Crippen LogP contribution < -0.4 is 21.3 Å². The topological polar surface area (TPSA) is 73.9 Å². The molecular weight excluding hydrogens is 228 g/mol. The summed E-state index contributed by atoms with van der Waals surface area (Å²) in [5.41, 5.74) is 1.93. The van der Waals surface area contributed by atoms with Gasteiger partial charge in [-0.2, -0.15) is 0 Å². The predicted molar refractivity (Wildman–Crippen MR) is 70.0 cm³/mol. The fourth-order valence-corrected chi connectivity index (χ4v) is 2.03. The third-order valence-electron chi connectivity index (χ3n) is 2.87. The second-order valence-corrected chi connectivity index (χ2v) is 4.05. The Hall–Kier alpha value is -2.76. The molecule has 88 valence electrons. The van der Waals surface area contributed by atoms with Crippen molar-refractivity contribution in [2.75, 3.05) is 21.3 Å². The number of fused-ring (bicyclic) bond motifs is 2. The molecule has 18 heavy (non-hydrogen) atoms. The number of anilines is 4. The number of pyridine rings is 2. The zero-order chi connectivity index (χ0) is 11.9. The Kier molecular flexibility index (Phi) is 1.74. The van der Waals surface area contributed by atoms with E-state index in [9.17, 15) is 0 Å². The van der Waals surface area contributed by atoms with E-state index in [1.54, 1.807) is 12.4 Å². The van der Waals surface area contributed by atoms with Gasteiger partial charge in [-0.25, -0.2) is 9.97 Å². The Balaban J connectivity index is 1.70.